The van der Waals surface area contributed by atoms with E-state index in [4.69, 9.17) is 11.6 Å². The zero-order valence-electron chi connectivity index (χ0n) is 20.1. The highest BCUT2D eigenvalue weighted by Crippen LogP contribution is 2.27. The molecule has 3 aromatic rings. The third-order valence-electron chi connectivity index (χ3n) is 5.72. The lowest BCUT2D eigenvalue weighted by atomic mass is 10.1. The van der Waals surface area contributed by atoms with Gasteiger partial charge in [-0.25, -0.2) is 12.8 Å². The molecule has 0 aliphatic rings. The second-order valence-electron chi connectivity index (χ2n) is 8.18. The minimum Gasteiger partial charge on any atom is -0.357 e. The molecule has 1 unspecified atom stereocenters. The van der Waals surface area contributed by atoms with E-state index >= 15 is 0 Å². The largest absolute Gasteiger partial charge is 0.357 e. The topological polar surface area (TPSA) is 86.8 Å². The van der Waals surface area contributed by atoms with Gasteiger partial charge in [0.1, 0.15) is 18.4 Å². The van der Waals surface area contributed by atoms with Crippen LogP contribution in [0, 0.1) is 12.7 Å². The maximum atomic E-state index is 14.8. The molecule has 0 spiro atoms. The molecule has 0 fully saturated rings. The van der Waals surface area contributed by atoms with Crippen LogP contribution in [0.15, 0.2) is 77.7 Å². The van der Waals surface area contributed by atoms with Crippen molar-refractivity contribution in [3.05, 3.63) is 94.8 Å². The molecule has 190 valence electrons. The molecule has 2 amide bonds. The summed E-state index contributed by atoms with van der Waals surface area (Å²) in [7, 11) is -2.90. The van der Waals surface area contributed by atoms with E-state index in [1.165, 1.54) is 49.2 Å². The molecule has 0 radical (unpaired) electrons. The van der Waals surface area contributed by atoms with Gasteiger partial charge in [0.15, 0.2) is 0 Å². The molecule has 3 aromatic carbocycles. The Morgan fingerprint density at radius 3 is 2.22 bits per heavy atom. The number of halogens is 2. The van der Waals surface area contributed by atoms with Gasteiger partial charge >= 0.3 is 0 Å². The molecular formula is C26H27ClFN3O4S. The van der Waals surface area contributed by atoms with Gasteiger partial charge in [0.2, 0.25) is 11.8 Å². The van der Waals surface area contributed by atoms with Gasteiger partial charge in [0.05, 0.1) is 10.6 Å². The second-order valence-corrected chi connectivity index (χ2v) is 10.4. The number of sulfonamides is 1. The Bertz CT molecular complexity index is 1350. The summed E-state index contributed by atoms with van der Waals surface area (Å²) in [6.07, 6.45) is 0. The summed E-state index contributed by atoms with van der Waals surface area (Å²) in [5.74, 6) is -1.96. The minimum absolute atomic E-state index is 0.0528. The summed E-state index contributed by atoms with van der Waals surface area (Å²) in [5.41, 5.74) is 1.13. The van der Waals surface area contributed by atoms with E-state index in [2.05, 4.69) is 5.32 Å². The Balaban J connectivity index is 2.06. The molecule has 0 aliphatic heterocycles. The van der Waals surface area contributed by atoms with Crippen molar-refractivity contribution in [3.8, 4) is 0 Å². The SMILES string of the molecule is CNC(=O)C(C)N(Cc1ccccc1Cl)C(=O)CN(c1ccccc1F)S(=O)(=O)c1ccc(C)cc1. The van der Waals surface area contributed by atoms with Crippen LogP contribution >= 0.6 is 11.6 Å². The van der Waals surface area contributed by atoms with Crippen LogP contribution in [0.3, 0.4) is 0 Å². The van der Waals surface area contributed by atoms with E-state index < -0.39 is 40.2 Å². The normalized spacial score (nSPS) is 12.0. The Kier molecular flexibility index (Phi) is 8.70. The van der Waals surface area contributed by atoms with Crippen molar-refractivity contribution in [1.82, 2.24) is 10.2 Å². The highest BCUT2D eigenvalue weighted by Gasteiger charge is 2.33. The van der Waals surface area contributed by atoms with Crippen LogP contribution < -0.4 is 9.62 Å². The summed E-state index contributed by atoms with van der Waals surface area (Å²) >= 11 is 6.28. The smallest absolute Gasteiger partial charge is 0.264 e. The monoisotopic (exact) mass is 531 g/mol. The summed E-state index contributed by atoms with van der Waals surface area (Å²) in [6.45, 7) is 2.54. The number of likely N-dealkylation sites (N-methyl/N-ethyl adjacent to an activating group) is 1. The van der Waals surface area contributed by atoms with Crippen LogP contribution in [0.4, 0.5) is 10.1 Å². The molecule has 10 heteroatoms. The van der Waals surface area contributed by atoms with E-state index in [0.717, 1.165) is 15.9 Å². The van der Waals surface area contributed by atoms with Crippen molar-refractivity contribution in [3.63, 3.8) is 0 Å². The molecule has 0 bridgehead atoms. The Labute approximate surface area is 215 Å². The second kappa shape index (κ2) is 11.5. The first kappa shape index (κ1) is 27.2. The number of carbonyl (C=O) groups is 2. The number of hydrogen-bond donors (Lipinski definition) is 1. The molecule has 3 rings (SSSR count). The summed E-state index contributed by atoms with van der Waals surface area (Å²) < 4.78 is 42.8. The number of para-hydroxylation sites is 1. The van der Waals surface area contributed by atoms with E-state index in [-0.39, 0.29) is 17.1 Å². The maximum Gasteiger partial charge on any atom is 0.264 e. The van der Waals surface area contributed by atoms with Crippen LogP contribution in [0.5, 0.6) is 0 Å². The molecule has 0 heterocycles. The fraction of sp³-hybridized carbons (Fsp3) is 0.231. The minimum atomic E-state index is -4.34. The molecular weight excluding hydrogens is 505 g/mol. The number of anilines is 1. The fourth-order valence-corrected chi connectivity index (χ4v) is 5.22. The first-order valence-corrected chi connectivity index (χ1v) is 13.0. The Morgan fingerprint density at radius 1 is 1.00 bits per heavy atom. The number of hydrogen-bond acceptors (Lipinski definition) is 4. The molecule has 0 aliphatic carbocycles. The highest BCUT2D eigenvalue weighted by molar-refractivity contribution is 7.92. The first-order chi connectivity index (χ1) is 17.1. The fourth-order valence-electron chi connectivity index (χ4n) is 3.61. The number of aryl methyl sites for hydroxylation is 1. The molecule has 7 nitrogen and oxygen atoms in total. The van der Waals surface area contributed by atoms with Crippen LogP contribution in [0.1, 0.15) is 18.1 Å². The summed E-state index contributed by atoms with van der Waals surface area (Å²) in [4.78, 5) is 27.2. The van der Waals surface area contributed by atoms with Gasteiger partial charge in [0.25, 0.3) is 10.0 Å². The van der Waals surface area contributed by atoms with Crippen molar-refractivity contribution >= 4 is 39.1 Å². The van der Waals surface area contributed by atoms with Crippen LogP contribution in [0.25, 0.3) is 0 Å². The van der Waals surface area contributed by atoms with Crippen LogP contribution in [-0.4, -0.2) is 44.8 Å². The number of nitrogens with one attached hydrogen (secondary N) is 1. The van der Waals surface area contributed by atoms with E-state index in [9.17, 15) is 22.4 Å². The third-order valence-corrected chi connectivity index (χ3v) is 7.86. The number of amides is 2. The molecule has 1 atom stereocenters. The lowest BCUT2D eigenvalue weighted by Crippen LogP contribution is -2.50. The predicted octanol–water partition coefficient (Wildman–Crippen LogP) is 4.15. The lowest BCUT2D eigenvalue weighted by molar-refractivity contribution is -0.139. The lowest BCUT2D eigenvalue weighted by Gasteiger charge is -2.32. The van der Waals surface area contributed by atoms with E-state index in [1.54, 1.807) is 43.3 Å². The first-order valence-electron chi connectivity index (χ1n) is 11.1. The number of nitrogens with zero attached hydrogens (tertiary/aromatic N) is 2. The van der Waals surface area contributed by atoms with Gasteiger partial charge < -0.3 is 10.2 Å². The molecule has 0 saturated carbocycles. The number of carbonyl (C=O) groups excluding carboxylic acids is 2. The van der Waals surface area contributed by atoms with Crippen molar-refractivity contribution in [1.29, 1.82) is 0 Å². The van der Waals surface area contributed by atoms with Crippen LogP contribution in [-0.2, 0) is 26.2 Å². The van der Waals surface area contributed by atoms with Gasteiger partial charge in [-0.2, -0.15) is 0 Å². The summed E-state index contributed by atoms with van der Waals surface area (Å²) in [5, 5.41) is 2.89. The van der Waals surface area contributed by atoms with Crippen molar-refractivity contribution < 1.29 is 22.4 Å². The van der Waals surface area contributed by atoms with Gasteiger partial charge in [0, 0.05) is 18.6 Å². The zero-order chi connectivity index (χ0) is 26.5. The van der Waals surface area contributed by atoms with E-state index in [0.29, 0.717) is 10.6 Å². The Morgan fingerprint density at radius 2 is 1.61 bits per heavy atom. The summed E-state index contributed by atoms with van der Waals surface area (Å²) in [6, 6.07) is 17.2. The highest BCUT2D eigenvalue weighted by atomic mass is 35.5. The molecule has 0 aromatic heterocycles. The molecule has 0 saturated heterocycles. The third kappa shape index (κ3) is 6.03. The van der Waals surface area contributed by atoms with Gasteiger partial charge in [-0.3, -0.25) is 13.9 Å². The van der Waals surface area contributed by atoms with Crippen molar-refractivity contribution in [2.45, 2.75) is 31.3 Å². The zero-order valence-corrected chi connectivity index (χ0v) is 21.7. The number of benzene rings is 3. The maximum absolute atomic E-state index is 14.8. The van der Waals surface area contributed by atoms with Crippen molar-refractivity contribution in [2.75, 3.05) is 17.9 Å². The van der Waals surface area contributed by atoms with Gasteiger partial charge in [-0.05, 0) is 49.7 Å². The van der Waals surface area contributed by atoms with Gasteiger partial charge in [-0.1, -0.05) is 59.6 Å². The predicted molar refractivity (Wildman–Crippen MR) is 138 cm³/mol. The van der Waals surface area contributed by atoms with Crippen LogP contribution in [0.2, 0.25) is 5.02 Å². The average Bonchev–Trinajstić information content (AvgIpc) is 2.86. The molecule has 1 N–H and O–H groups in total. The average molecular weight is 532 g/mol. The van der Waals surface area contributed by atoms with Crippen molar-refractivity contribution in [2.24, 2.45) is 0 Å². The standard InChI is InChI=1S/C26H27ClFN3O4S/c1-18-12-14-21(15-13-18)36(34,35)31(24-11-7-6-10-23(24)28)17-25(32)30(19(2)26(33)29-3)16-20-8-4-5-9-22(20)27/h4-15,19H,16-17H2,1-3H3,(H,29,33). The van der Waals surface area contributed by atoms with Gasteiger partial charge in [-0.15, -0.1) is 0 Å². The Hall–Kier alpha value is -3.43. The molecule has 36 heavy (non-hydrogen) atoms. The quantitative estimate of drug-likeness (QED) is 0.449. The van der Waals surface area contributed by atoms with E-state index in [1.807, 2.05) is 0 Å². The number of rotatable bonds is 9.